The van der Waals surface area contributed by atoms with Crippen LogP contribution in [0.15, 0.2) is 72.8 Å². The molecule has 3 aromatic carbocycles. The normalized spacial score (nSPS) is 11.0. The number of para-hydroxylation sites is 3. The number of nitrogens with zero attached hydrogens (tertiary/aromatic N) is 2. The Morgan fingerprint density at radius 1 is 0.879 bits per heavy atom. The third-order valence-corrected chi connectivity index (χ3v) is 5.49. The average molecular weight is 438 g/mol. The smallest absolute Gasteiger partial charge is 0.252 e. The molecule has 0 fully saturated rings. The Hall–Kier alpha value is -4.39. The maximum Gasteiger partial charge on any atom is 0.252 e. The van der Waals surface area contributed by atoms with Crippen LogP contribution >= 0.6 is 0 Å². The van der Waals surface area contributed by atoms with E-state index in [9.17, 15) is 4.79 Å². The van der Waals surface area contributed by atoms with E-state index in [0.29, 0.717) is 28.6 Å². The molecule has 0 radical (unpaired) electrons. The molecule has 164 valence electrons. The lowest BCUT2D eigenvalue weighted by atomic mass is 10.0. The summed E-state index contributed by atoms with van der Waals surface area (Å²) in [4.78, 5) is 25.8. The highest BCUT2D eigenvalue weighted by molar-refractivity contribution is 6.07. The van der Waals surface area contributed by atoms with Crippen molar-refractivity contribution in [3.8, 4) is 22.8 Å². The first-order valence-electron chi connectivity index (χ1n) is 10.5. The molecule has 7 nitrogen and oxygen atoms in total. The first kappa shape index (κ1) is 20.5. The van der Waals surface area contributed by atoms with E-state index in [0.717, 1.165) is 27.5 Å². The Balaban J connectivity index is 1.49. The van der Waals surface area contributed by atoms with Crippen LogP contribution in [0.5, 0.6) is 11.5 Å². The second-order valence-corrected chi connectivity index (χ2v) is 7.53. The van der Waals surface area contributed by atoms with Crippen LogP contribution in [0.4, 0.5) is 0 Å². The molecular weight excluding hydrogens is 416 g/mol. The number of imidazole rings is 1. The predicted molar refractivity (Wildman–Crippen MR) is 128 cm³/mol. The summed E-state index contributed by atoms with van der Waals surface area (Å²) < 4.78 is 10.8. The van der Waals surface area contributed by atoms with Gasteiger partial charge in [0.1, 0.15) is 5.82 Å². The molecule has 0 atom stereocenters. The van der Waals surface area contributed by atoms with Gasteiger partial charge in [-0.05, 0) is 42.5 Å². The minimum Gasteiger partial charge on any atom is -0.493 e. The Morgan fingerprint density at radius 3 is 2.42 bits per heavy atom. The number of aromatic amines is 1. The second kappa shape index (κ2) is 8.63. The molecule has 0 spiro atoms. The number of carbonyl (C=O) groups is 1. The van der Waals surface area contributed by atoms with Crippen molar-refractivity contribution in [2.45, 2.75) is 6.54 Å². The number of pyridine rings is 1. The van der Waals surface area contributed by atoms with E-state index in [2.05, 4.69) is 15.3 Å². The monoisotopic (exact) mass is 438 g/mol. The van der Waals surface area contributed by atoms with Crippen LogP contribution < -0.4 is 14.8 Å². The van der Waals surface area contributed by atoms with E-state index < -0.39 is 0 Å². The molecule has 33 heavy (non-hydrogen) atoms. The summed E-state index contributed by atoms with van der Waals surface area (Å²) in [6.45, 7) is 0.288. The summed E-state index contributed by atoms with van der Waals surface area (Å²) in [6, 6.07) is 22.8. The number of nitrogens with one attached hydrogen (secondary N) is 2. The fourth-order valence-electron chi connectivity index (χ4n) is 3.86. The summed E-state index contributed by atoms with van der Waals surface area (Å²) in [5, 5.41) is 3.76. The Morgan fingerprint density at radius 2 is 1.64 bits per heavy atom. The number of methoxy groups -OCH3 is 2. The van der Waals surface area contributed by atoms with Crippen molar-refractivity contribution in [2.75, 3.05) is 14.2 Å². The van der Waals surface area contributed by atoms with Crippen LogP contribution in [-0.4, -0.2) is 35.1 Å². The Kier molecular flexibility index (Phi) is 5.36. The van der Waals surface area contributed by atoms with Gasteiger partial charge in [0, 0.05) is 10.9 Å². The zero-order chi connectivity index (χ0) is 22.8. The number of carbonyl (C=O) groups excluding carboxylic acids is 1. The van der Waals surface area contributed by atoms with E-state index in [-0.39, 0.29) is 12.5 Å². The number of aromatic nitrogens is 3. The van der Waals surface area contributed by atoms with Crippen molar-refractivity contribution in [3.63, 3.8) is 0 Å². The fourth-order valence-corrected chi connectivity index (χ4v) is 3.86. The predicted octanol–water partition coefficient (Wildman–Crippen LogP) is 4.73. The Bertz CT molecular complexity index is 1440. The molecule has 0 aliphatic heterocycles. The third kappa shape index (κ3) is 3.96. The van der Waals surface area contributed by atoms with Crippen molar-refractivity contribution in [1.82, 2.24) is 20.3 Å². The topological polar surface area (TPSA) is 89.1 Å². The van der Waals surface area contributed by atoms with Crippen LogP contribution in [0.25, 0.3) is 33.2 Å². The molecule has 5 rings (SSSR count). The van der Waals surface area contributed by atoms with Gasteiger partial charge in [-0.25, -0.2) is 9.97 Å². The lowest BCUT2D eigenvalue weighted by molar-refractivity contribution is 0.0951. The van der Waals surface area contributed by atoms with Gasteiger partial charge in [-0.2, -0.15) is 0 Å². The minimum atomic E-state index is -0.198. The van der Waals surface area contributed by atoms with Crippen molar-refractivity contribution in [2.24, 2.45) is 0 Å². The van der Waals surface area contributed by atoms with E-state index in [1.165, 1.54) is 0 Å². The lowest BCUT2D eigenvalue weighted by Crippen LogP contribution is -2.23. The number of amides is 1. The molecule has 5 aromatic rings. The maximum atomic E-state index is 13.2. The van der Waals surface area contributed by atoms with Crippen LogP contribution in [0.3, 0.4) is 0 Å². The van der Waals surface area contributed by atoms with Gasteiger partial charge in [-0.3, -0.25) is 4.79 Å². The van der Waals surface area contributed by atoms with Crippen molar-refractivity contribution in [1.29, 1.82) is 0 Å². The number of H-pyrrole nitrogens is 1. The van der Waals surface area contributed by atoms with Crippen LogP contribution in [0.2, 0.25) is 0 Å². The number of ether oxygens (including phenoxy) is 2. The molecule has 1 amide bonds. The van der Waals surface area contributed by atoms with E-state index in [1.807, 2.05) is 66.7 Å². The molecule has 0 aliphatic rings. The van der Waals surface area contributed by atoms with Gasteiger partial charge >= 0.3 is 0 Å². The lowest BCUT2D eigenvalue weighted by Gasteiger charge is -2.12. The molecule has 0 bridgehead atoms. The van der Waals surface area contributed by atoms with Gasteiger partial charge in [-0.15, -0.1) is 0 Å². The van der Waals surface area contributed by atoms with Gasteiger partial charge in [0.25, 0.3) is 5.91 Å². The highest BCUT2D eigenvalue weighted by atomic mass is 16.5. The van der Waals surface area contributed by atoms with E-state index in [4.69, 9.17) is 14.5 Å². The van der Waals surface area contributed by atoms with Crippen molar-refractivity contribution < 1.29 is 14.3 Å². The molecule has 2 heterocycles. The Labute approximate surface area is 190 Å². The quantitative estimate of drug-likeness (QED) is 0.400. The zero-order valence-electron chi connectivity index (χ0n) is 18.3. The molecule has 0 unspecified atom stereocenters. The van der Waals surface area contributed by atoms with Crippen molar-refractivity contribution >= 4 is 27.8 Å². The average Bonchev–Trinajstić information content (AvgIpc) is 3.29. The van der Waals surface area contributed by atoms with E-state index in [1.54, 1.807) is 20.3 Å². The van der Waals surface area contributed by atoms with Crippen LogP contribution in [0, 0.1) is 0 Å². The van der Waals surface area contributed by atoms with E-state index >= 15 is 0 Å². The van der Waals surface area contributed by atoms with Gasteiger partial charge in [-0.1, -0.05) is 30.3 Å². The largest absolute Gasteiger partial charge is 0.493 e. The molecule has 2 N–H and O–H groups in total. The third-order valence-electron chi connectivity index (χ3n) is 5.49. The van der Waals surface area contributed by atoms with Gasteiger partial charge < -0.3 is 19.8 Å². The fraction of sp³-hybridized carbons (Fsp3) is 0.115. The maximum absolute atomic E-state index is 13.2. The number of benzene rings is 3. The van der Waals surface area contributed by atoms with Gasteiger partial charge in [0.05, 0.1) is 48.6 Å². The molecule has 0 saturated carbocycles. The zero-order valence-corrected chi connectivity index (χ0v) is 18.3. The summed E-state index contributed by atoms with van der Waals surface area (Å²) >= 11 is 0. The molecule has 7 heteroatoms. The molecular formula is C26H22N4O3. The second-order valence-electron chi connectivity index (χ2n) is 7.53. The first-order chi connectivity index (χ1) is 16.2. The van der Waals surface area contributed by atoms with Gasteiger partial charge in [0.2, 0.25) is 0 Å². The highest BCUT2D eigenvalue weighted by Gasteiger charge is 2.16. The highest BCUT2D eigenvalue weighted by Crippen LogP contribution is 2.33. The standard InChI is InChI=1S/C26H22N4O3/c1-32-23-12-11-16(13-24(23)33-2)22-14-18(17-7-3-4-8-19(17)28-22)26(31)27-15-25-29-20-9-5-6-10-21(20)30-25/h3-14H,15H2,1-2H3,(H,27,31)(H,29,30). The molecule has 0 saturated heterocycles. The van der Waals surface area contributed by atoms with Crippen molar-refractivity contribution in [3.05, 3.63) is 84.2 Å². The first-order valence-corrected chi connectivity index (χ1v) is 10.5. The number of fused-ring (bicyclic) bond motifs is 2. The molecule has 0 aliphatic carbocycles. The van der Waals surface area contributed by atoms with Crippen LogP contribution in [-0.2, 0) is 6.54 Å². The summed E-state index contributed by atoms with van der Waals surface area (Å²) in [6.07, 6.45) is 0. The number of hydrogen-bond acceptors (Lipinski definition) is 5. The molecule has 2 aromatic heterocycles. The minimum absolute atomic E-state index is 0.198. The summed E-state index contributed by atoms with van der Waals surface area (Å²) in [7, 11) is 3.18. The number of rotatable bonds is 6. The SMILES string of the molecule is COc1ccc(-c2cc(C(=O)NCc3nc4ccccc4[nH]3)c3ccccc3n2)cc1OC. The number of hydrogen-bond donors (Lipinski definition) is 2. The summed E-state index contributed by atoms with van der Waals surface area (Å²) in [5.41, 5.74) is 4.58. The van der Waals surface area contributed by atoms with Gasteiger partial charge in [0.15, 0.2) is 11.5 Å². The summed E-state index contributed by atoms with van der Waals surface area (Å²) in [5.74, 6) is 1.73. The van der Waals surface area contributed by atoms with Crippen LogP contribution in [0.1, 0.15) is 16.2 Å².